The second-order valence-corrected chi connectivity index (χ2v) is 7.09. The van der Waals surface area contributed by atoms with E-state index in [1.807, 2.05) is 0 Å². The maximum Gasteiger partial charge on any atom is 0.222 e. The zero-order valence-electron chi connectivity index (χ0n) is 13.5. The van der Waals surface area contributed by atoms with E-state index in [0.717, 1.165) is 43.7 Å². The van der Waals surface area contributed by atoms with Gasteiger partial charge in [-0.15, -0.1) is 0 Å². The topological polar surface area (TPSA) is 20.3 Å². The van der Waals surface area contributed by atoms with Crippen LogP contribution in [0.3, 0.4) is 0 Å². The Labute approximate surface area is 119 Å². The van der Waals surface area contributed by atoms with E-state index in [-0.39, 0.29) is 0 Å². The number of rotatable bonds is 7. The average molecular weight is 267 g/mol. The summed E-state index contributed by atoms with van der Waals surface area (Å²) >= 11 is 0. The minimum absolute atomic E-state index is 0.395. The van der Waals surface area contributed by atoms with Crippen LogP contribution in [0.25, 0.3) is 0 Å². The number of hydrogen-bond acceptors (Lipinski definition) is 1. The van der Waals surface area contributed by atoms with Gasteiger partial charge in [0.25, 0.3) is 0 Å². The molecule has 0 saturated carbocycles. The van der Waals surface area contributed by atoms with Crippen molar-refractivity contribution in [2.24, 2.45) is 17.8 Å². The van der Waals surface area contributed by atoms with Gasteiger partial charge in [-0.1, -0.05) is 40.5 Å². The lowest BCUT2D eigenvalue weighted by Gasteiger charge is -2.33. The summed E-state index contributed by atoms with van der Waals surface area (Å²) in [5, 5.41) is 0. The van der Waals surface area contributed by atoms with E-state index in [2.05, 4.69) is 32.6 Å². The highest BCUT2D eigenvalue weighted by Gasteiger charge is 2.22. The van der Waals surface area contributed by atoms with Gasteiger partial charge in [-0.3, -0.25) is 4.79 Å². The summed E-state index contributed by atoms with van der Waals surface area (Å²) in [6.07, 6.45) is 8.06. The van der Waals surface area contributed by atoms with Crippen LogP contribution in [0, 0.1) is 17.8 Å². The molecule has 112 valence electrons. The number of amides is 1. The average Bonchev–Trinajstić information content (AvgIpc) is 2.34. The van der Waals surface area contributed by atoms with Gasteiger partial charge < -0.3 is 4.90 Å². The van der Waals surface area contributed by atoms with Gasteiger partial charge in [-0.05, 0) is 43.4 Å². The second-order valence-electron chi connectivity index (χ2n) is 7.09. The molecule has 0 radical (unpaired) electrons. The van der Waals surface area contributed by atoms with Crippen molar-refractivity contribution < 1.29 is 4.79 Å². The molecule has 0 unspecified atom stereocenters. The largest absolute Gasteiger partial charge is 0.343 e. The third kappa shape index (κ3) is 6.98. The molecule has 0 atom stereocenters. The van der Waals surface area contributed by atoms with E-state index in [0.29, 0.717) is 5.91 Å². The van der Waals surface area contributed by atoms with Gasteiger partial charge in [0.15, 0.2) is 0 Å². The van der Waals surface area contributed by atoms with E-state index in [1.54, 1.807) is 0 Å². The van der Waals surface area contributed by atoms with Crippen molar-refractivity contribution in [3.05, 3.63) is 0 Å². The third-order valence-corrected chi connectivity index (χ3v) is 4.19. The molecule has 0 bridgehead atoms. The number of hydrogen-bond donors (Lipinski definition) is 0. The predicted molar refractivity (Wildman–Crippen MR) is 82.1 cm³/mol. The number of likely N-dealkylation sites (tertiary alicyclic amines) is 1. The maximum absolute atomic E-state index is 12.1. The van der Waals surface area contributed by atoms with Gasteiger partial charge in [-0.25, -0.2) is 0 Å². The number of carbonyl (C=O) groups is 1. The van der Waals surface area contributed by atoms with Crippen molar-refractivity contribution in [2.75, 3.05) is 13.1 Å². The first kappa shape index (κ1) is 16.5. The molecule has 0 N–H and O–H groups in total. The van der Waals surface area contributed by atoms with Crippen LogP contribution in [0.4, 0.5) is 0 Å². The van der Waals surface area contributed by atoms with Gasteiger partial charge in [0.05, 0.1) is 0 Å². The summed E-state index contributed by atoms with van der Waals surface area (Å²) in [6, 6.07) is 0. The van der Waals surface area contributed by atoms with Crippen molar-refractivity contribution in [3.63, 3.8) is 0 Å². The molecule has 1 saturated heterocycles. The highest BCUT2D eigenvalue weighted by Crippen LogP contribution is 2.24. The van der Waals surface area contributed by atoms with Crippen LogP contribution in [0.1, 0.15) is 72.6 Å². The number of unbranched alkanes of at least 4 members (excludes halogenated alkanes) is 1. The fourth-order valence-electron chi connectivity index (χ4n) is 3.07. The number of piperidine rings is 1. The highest BCUT2D eigenvalue weighted by molar-refractivity contribution is 5.76. The van der Waals surface area contributed by atoms with Crippen molar-refractivity contribution in [2.45, 2.75) is 72.6 Å². The first-order valence-corrected chi connectivity index (χ1v) is 8.26. The van der Waals surface area contributed by atoms with Gasteiger partial charge >= 0.3 is 0 Å². The Morgan fingerprint density at radius 3 is 2.21 bits per heavy atom. The smallest absolute Gasteiger partial charge is 0.222 e. The zero-order chi connectivity index (χ0) is 14.3. The molecule has 0 spiro atoms. The quantitative estimate of drug-likeness (QED) is 0.622. The van der Waals surface area contributed by atoms with E-state index in [4.69, 9.17) is 0 Å². The molecule has 0 aromatic rings. The van der Waals surface area contributed by atoms with Crippen LogP contribution < -0.4 is 0 Å². The van der Waals surface area contributed by atoms with E-state index >= 15 is 0 Å². The molecule has 1 aliphatic rings. The fraction of sp³-hybridized carbons (Fsp3) is 0.941. The second kappa shape index (κ2) is 8.60. The predicted octanol–water partition coefficient (Wildman–Crippen LogP) is 4.49. The first-order chi connectivity index (χ1) is 8.99. The van der Waals surface area contributed by atoms with Gasteiger partial charge in [0.1, 0.15) is 0 Å². The van der Waals surface area contributed by atoms with Crippen LogP contribution in [-0.4, -0.2) is 23.9 Å². The molecule has 0 aliphatic carbocycles. The minimum Gasteiger partial charge on any atom is -0.343 e. The number of carbonyl (C=O) groups excluding carboxylic acids is 1. The highest BCUT2D eigenvalue weighted by atomic mass is 16.2. The van der Waals surface area contributed by atoms with Crippen LogP contribution in [-0.2, 0) is 4.79 Å². The van der Waals surface area contributed by atoms with Crippen molar-refractivity contribution in [1.29, 1.82) is 0 Å². The summed E-state index contributed by atoms with van der Waals surface area (Å²) in [6.45, 7) is 11.1. The molecule has 1 heterocycles. The molecule has 1 fully saturated rings. The van der Waals surface area contributed by atoms with E-state index < -0.39 is 0 Å². The molecule has 1 aliphatic heterocycles. The lowest BCUT2D eigenvalue weighted by molar-refractivity contribution is -0.132. The van der Waals surface area contributed by atoms with Crippen LogP contribution in [0.5, 0.6) is 0 Å². The minimum atomic E-state index is 0.395. The molecule has 0 aromatic heterocycles. The Kier molecular flexibility index (Phi) is 7.48. The Bertz CT molecular complexity index is 252. The van der Waals surface area contributed by atoms with Crippen LogP contribution in [0.15, 0.2) is 0 Å². The van der Waals surface area contributed by atoms with E-state index in [9.17, 15) is 4.79 Å². The Balaban J connectivity index is 2.14. The SMILES string of the molecule is CC(C)CCCCC(=O)N1CCC(CC(C)C)CC1. The van der Waals surface area contributed by atoms with Crippen molar-refractivity contribution >= 4 is 5.91 Å². The van der Waals surface area contributed by atoms with Gasteiger partial charge in [0.2, 0.25) is 5.91 Å². The third-order valence-electron chi connectivity index (χ3n) is 4.19. The monoisotopic (exact) mass is 267 g/mol. The number of nitrogens with zero attached hydrogens (tertiary/aromatic N) is 1. The molecule has 1 rings (SSSR count). The van der Waals surface area contributed by atoms with Gasteiger partial charge in [-0.2, -0.15) is 0 Å². The van der Waals surface area contributed by atoms with Crippen molar-refractivity contribution in [1.82, 2.24) is 4.90 Å². The molecule has 2 nitrogen and oxygen atoms in total. The van der Waals surface area contributed by atoms with Crippen LogP contribution in [0.2, 0.25) is 0 Å². The summed E-state index contributed by atoms with van der Waals surface area (Å²) in [5.41, 5.74) is 0. The molecular weight excluding hydrogens is 234 g/mol. The summed E-state index contributed by atoms with van der Waals surface area (Å²) < 4.78 is 0. The molecular formula is C17H33NO. The van der Waals surface area contributed by atoms with E-state index in [1.165, 1.54) is 32.1 Å². The lowest BCUT2D eigenvalue weighted by Crippen LogP contribution is -2.38. The molecule has 2 heteroatoms. The standard InChI is InChI=1S/C17H33NO/c1-14(2)7-5-6-8-17(19)18-11-9-16(10-12-18)13-15(3)4/h14-16H,5-13H2,1-4H3. The molecule has 1 amide bonds. The summed E-state index contributed by atoms with van der Waals surface area (Å²) in [5.74, 6) is 2.81. The molecule has 0 aromatic carbocycles. The Hall–Kier alpha value is -0.530. The fourth-order valence-corrected chi connectivity index (χ4v) is 3.07. The maximum atomic E-state index is 12.1. The van der Waals surface area contributed by atoms with Crippen LogP contribution >= 0.6 is 0 Å². The van der Waals surface area contributed by atoms with Gasteiger partial charge in [0, 0.05) is 19.5 Å². The van der Waals surface area contributed by atoms with Crippen molar-refractivity contribution in [3.8, 4) is 0 Å². The summed E-state index contributed by atoms with van der Waals surface area (Å²) in [4.78, 5) is 14.2. The zero-order valence-corrected chi connectivity index (χ0v) is 13.5. The summed E-state index contributed by atoms with van der Waals surface area (Å²) in [7, 11) is 0. The first-order valence-electron chi connectivity index (χ1n) is 8.26. The Morgan fingerprint density at radius 1 is 1.05 bits per heavy atom. The molecule has 19 heavy (non-hydrogen) atoms. The Morgan fingerprint density at radius 2 is 1.68 bits per heavy atom. The lowest BCUT2D eigenvalue weighted by atomic mass is 9.88. The normalized spacial score (nSPS) is 17.5.